The lowest BCUT2D eigenvalue weighted by atomic mass is 9.98. The first kappa shape index (κ1) is 9.58. The SMILES string of the molecule is C[C@@H](CC(=O)O)c1ccc(N)cc1. The zero-order valence-corrected chi connectivity index (χ0v) is 7.53. The van der Waals surface area contributed by atoms with Crippen LogP contribution < -0.4 is 5.73 Å². The number of benzene rings is 1. The van der Waals surface area contributed by atoms with Gasteiger partial charge in [-0.3, -0.25) is 4.79 Å². The Labute approximate surface area is 77.2 Å². The van der Waals surface area contributed by atoms with Gasteiger partial charge in [0.15, 0.2) is 0 Å². The third-order valence-electron chi connectivity index (χ3n) is 1.99. The Balaban J connectivity index is 2.71. The van der Waals surface area contributed by atoms with E-state index in [-0.39, 0.29) is 12.3 Å². The van der Waals surface area contributed by atoms with Gasteiger partial charge in [0.05, 0.1) is 6.42 Å². The fourth-order valence-corrected chi connectivity index (χ4v) is 1.20. The predicted molar refractivity (Wildman–Crippen MR) is 51.5 cm³/mol. The number of carbonyl (C=O) groups is 1. The number of carboxylic acids is 1. The fourth-order valence-electron chi connectivity index (χ4n) is 1.20. The number of nitrogens with two attached hydrogens (primary N) is 1. The molecule has 0 fully saturated rings. The van der Waals surface area contributed by atoms with E-state index < -0.39 is 5.97 Å². The minimum absolute atomic E-state index is 0.0399. The van der Waals surface area contributed by atoms with Gasteiger partial charge in [-0.25, -0.2) is 0 Å². The molecule has 0 radical (unpaired) electrons. The van der Waals surface area contributed by atoms with Crippen molar-refractivity contribution in [2.24, 2.45) is 0 Å². The quantitative estimate of drug-likeness (QED) is 0.696. The highest BCUT2D eigenvalue weighted by atomic mass is 16.4. The lowest BCUT2D eigenvalue weighted by molar-refractivity contribution is -0.137. The molecule has 1 aromatic rings. The van der Waals surface area contributed by atoms with Crippen LogP contribution in [0.4, 0.5) is 5.69 Å². The molecule has 3 N–H and O–H groups in total. The summed E-state index contributed by atoms with van der Waals surface area (Å²) in [6, 6.07) is 7.30. The Morgan fingerprint density at radius 1 is 1.46 bits per heavy atom. The first-order valence-corrected chi connectivity index (χ1v) is 4.17. The molecule has 3 nitrogen and oxygen atoms in total. The van der Waals surface area contributed by atoms with Gasteiger partial charge >= 0.3 is 5.97 Å². The van der Waals surface area contributed by atoms with Crippen LogP contribution in [-0.2, 0) is 4.79 Å². The maximum atomic E-state index is 10.4. The molecular formula is C10H13NO2. The van der Waals surface area contributed by atoms with Crippen LogP contribution in [0.15, 0.2) is 24.3 Å². The summed E-state index contributed by atoms with van der Waals surface area (Å²) < 4.78 is 0. The maximum absolute atomic E-state index is 10.4. The van der Waals surface area contributed by atoms with Crippen molar-refractivity contribution in [2.45, 2.75) is 19.3 Å². The van der Waals surface area contributed by atoms with E-state index in [1.807, 2.05) is 19.1 Å². The normalized spacial score (nSPS) is 12.4. The second-order valence-corrected chi connectivity index (χ2v) is 3.17. The molecule has 0 amide bonds. The molecule has 0 saturated heterocycles. The second-order valence-electron chi connectivity index (χ2n) is 3.17. The molecule has 0 heterocycles. The standard InChI is InChI=1S/C10H13NO2/c1-7(6-10(12)13)8-2-4-9(11)5-3-8/h2-5,7H,6,11H2,1H3,(H,12,13)/t7-/m0/s1. The predicted octanol–water partition coefficient (Wildman–Crippen LogP) is 1.85. The van der Waals surface area contributed by atoms with Crippen molar-refractivity contribution in [3.8, 4) is 0 Å². The van der Waals surface area contributed by atoms with Crippen LogP contribution in [-0.4, -0.2) is 11.1 Å². The van der Waals surface area contributed by atoms with Crippen LogP contribution in [0, 0.1) is 0 Å². The largest absolute Gasteiger partial charge is 0.481 e. The number of aliphatic carboxylic acids is 1. The number of hydrogen-bond acceptors (Lipinski definition) is 2. The lowest BCUT2D eigenvalue weighted by Crippen LogP contribution is -2.02. The van der Waals surface area contributed by atoms with Gasteiger partial charge in [0.25, 0.3) is 0 Å². The van der Waals surface area contributed by atoms with E-state index in [0.29, 0.717) is 5.69 Å². The van der Waals surface area contributed by atoms with Gasteiger partial charge in [0.1, 0.15) is 0 Å². The zero-order chi connectivity index (χ0) is 9.84. The van der Waals surface area contributed by atoms with Crippen molar-refractivity contribution < 1.29 is 9.90 Å². The van der Waals surface area contributed by atoms with Gasteiger partial charge in [-0.15, -0.1) is 0 Å². The van der Waals surface area contributed by atoms with E-state index in [2.05, 4.69) is 0 Å². The van der Waals surface area contributed by atoms with E-state index in [0.717, 1.165) is 5.56 Å². The molecule has 70 valence electrons. The first-order valence-electron chi connectivity index (χ1n) is 4.17. The van der Waals surface area contributed by atoms with Crippen LogP contribution >= 0.6 is 0 Å². The second kappa shape index (κ2) is 3.94. The molecular weight excluding hydrogens is 166 g/mol. The average molecular weight is 179 g/mol. The van der Waals surface area contributed by atoms with Gasteiger partial charge < -0.3 is 10.8 Å². The first-order chi connectivity index (χ1) is 6.09. The summed E-state index contributed by atoms with van der Waals surface area (Å²) in [6.07, 6.45) is 0.157. The topological polar surface area (TPSA) is 63.3 Å². The van der Waals surface area contributed by atoms with E-state index in [4.69, 9.17) is 10.8 Å². The molecule has 0 aromatic heterocycles. The molecule has 0 aliphatic rings. The third-order valence-corrected chi connectivity index (χ3v) is 1.99. The van der Waals surface area contributed by atoms with Crippen LogP contribution in [0.5, 0.6) is 0 Å². The van der Waals surface area contributed by atoms with Crippen LogP contribution in [0.25, 0.3) is 0 Å². The molecule has 0 bridgehead atoms. The summed E-state index contributed by atoms with van der Waals surface area (Å²) in [5.41, 5.74) is 7.22. The molecule has 0 spiro atoms. The highest BCUT2D eigenvalue weighted by Gasteiger charge is 2.09. The van der Waals surface area contributed by atoms with Gasteiger partial charge in [0.2, 0.25) is 0 Å². The van der Waals surface area contributed by atoms with Crippen LogP contribution in [0.2, 0.25) is 0 Å². The van der Waals surface area contributed by atoms with Gasteiger partial charge in [-0.05, 0) is 23.6 Å². The Bertz CT molecular complexity index is 292. The summed E-state index contributed by atoms with van der Waals surface area (Å²) >= 11 is 0. The summed E-state index contributed by atoms with van der Waals surface area (Å²) in [7, 11) is 0. The summed E-state index contributed by atoms with van der Waals surface area (Å²) in [6.45, 7) is 1.89. The molecule has 0 aliphatic carbocycles. The van der Waals surface area contributed by atoms with Crippen molar-refractivity contribution in [1.29, 1.82) is 0 Å². The number of nitrogen functional groups attached to an aromatic ring is 1. The van der Waals surface area contributed by atoms with Crippen molar-refractivity contribution in [2.75, 3.05) is 5.73 Å². The summed E-state index contributed by atoms with van der Waals surface area (Å²) in [5.74, 6) is -0.734. The maximum Gasteiger partial charge on any atom is 0.303 e. The van der Waals surface area contributed by atoms with E-state index in [9.17, 15) is 4.79 Å². The number of rotatable bonds is 3. The smallest absolute Gasteiger partial charge is 0.303 e. The van der Waals surface area contributed by atoms with Gasteiger partial charge in [0, 0.05) is 5.69 Å². The highest BCUT2D eigenvalue weighted by molar-refractivity contribution is 5.68. The average Bonchev–Trinajstić information content (AvgIpc) is 2.04. The van der Waals surface area contributed by atoms with E-state index >= 15 is 0 Å². The van der Waals surface area contributed by atoms with E-state index in [1.54, 1.807) is 12.1 Å². The van der Waals surface area contributed by atoms with Crippen LogP contribution in [0.3, 0.4) is 0 Å². The number of hydrogen-bond donors (Lipinski definition) is 2. The Hall–Kier alpha value is -1.51. The lowest BCUT2D eigenvalue weighted by Gasteiger charge is -2.08. The Morgan fingerprint density at radius 3 is 2.46 bits per heavy atom. The molecule has 1 rings (SSSR count). The van der Waals surface area contributed by atoms with Crippen molar-refractivity contribution in [3.05, 3.63) is 29.8 Å². The monoisotopic (exact) mass is 179 g/mol. The van der Waals surface area contributed by atoms with Gasteiger partial charge in [-0.2, -0.15) is 0 Å². The molecule has 1 aromatic carbocycles. The van der Waals surface area contributed by atoms with Crippen molar-refractivity contribution >= 4 is 11.7 Å². The molecule has 0 aliphatic heterocycles. The summed E-state index contributed by atoms with van der Waals surface area (Å²) in [4.78, 5) is 10.4. The van der Waals surface area contributed by atoms with Crippen molar-refractivity contribution in [3.63, 3.8) is 0 Å². The number of carboxylic acid groups (broad SMARTS) is 1. The number of anilines is 1. The molecule has 1 atom stereocenters. The third kappa shape index (κ3) is 2.78. The van der Waals surface area contributed by atoms with Crippen LogP contribution in [0.1, 0.15) is 24.8 Å². The Kier molecular flexibility index (Phi) is 2.90. The summed E-state index contributed by atoms with van der Waals surface area (Å²) in [5, 5.41) is 8.58. The minimum atomic E-state index is -0.774. The minimum Gasteiger partial charge on any atom is -0.481 e. The zero-order valence-electron chi connectivity index (χ0n) is 7.53. The highest BCUT2D eigenvalue weighted by Crippen LogP contribution is 2.19. The van der Waals surface area contributed by atoms with Gasteiger partial charge in [-0.1, -0.05) is 19.1 Å². The Morgan fingerprint density at radius 2 is 2.00 bits per heavy atom. The molecule has 0 unspecified atom stereocenters. The fraction of sp³-hybridized carbons (Fsp3) is 0.300. The molecule has 0 saturated carbocycles. The molecule has 3 heteroatoms. The van der Waals surface area contributed by atoms with Crippen molar-refractivity contribution in [1.82, 2.24) is 0 Å². The molecule has 13 heavy (non-hydrogen) atoms. The van der Waals surface area contributed by atoms with E-state index in [1.165, 1.54) is 0 Å².